The molecule has 0 radical (unpaired) electrons. The van der Waals surface area contributed by atoms with E-state index in [0.29, 0.717) is 11.4 Å². The number of para-hydroxylation sites is 2. The molecular weight excluding hydrogens is 676 g/mol. The van der Waals surface area contributed by atoms with Crippen LogP contribution in [-0.2, 0) is 16.6 Å². The molecule has 0 heterocycles. The minimum absolute atomic E-state index is 0.0649. The Bertz CT molecular complexity index is 1780. The number of rotatable bonds is 8. The van der Waals surface area contributed by atoms with Crippen molar-refractivity contribution in [1.29, 1.82) is 0 Å². The summed E-state index contributed by atoms with van der Waals surface area (Å²) in [6.07, 6.45) is 14.0. The fourth-order valence-electron chi connectivity index (χ4n) is 6.15. The molecule has 0 spiro atoms. The molecule has 4 aromatic rings. The summed E-state index contributed by atoms with van der Waals surface area (Å²) >= 11 is 5.87. The van der Waals surface area contributed by atoms with E-state index in [4.69, 9.17) is 24.4 Å². The van der Waals surface area contributed by atoms with Gasteiger partial charge in [-0.3, -0.25) is 0 Å². The minimum atomic E-state index is -5.02. The number of hydrogen-bond acceptors (Lipinski definition) is 2. The van der Waals surface area contributed by atoms with E-state index in [-0.39, 0.29) is 29.3 Å². The van der Waals surface area contributed by atoms with Crippen molar-refractivity contribution in [1.82, 2.24) is 0 Å². The Kier molecular flexibility index (Phi) is 9.84. The van der Waals surface area contributed by atoms with Crippen LogP contribution in [0, 0.1) is 23.3 Å². The van der Waals surface area contributed by atoms with Gasteiger partial charge >= 0.3 is 286 Å². The third-order valence-electron chi connectivity index (χ3n) is 8.12. The van der Waals surface area contributed by atoms with Crippen LogP contribution in [0.15, 0.2) is 134 Å². The Morgan fingerprint density at radius 1 is 0.489 bits per heavy atom. The topological polar surface area (TPSA) is 48.1 Å². The van der Waals surface area contributed by atoms with Gasteiger partial charge < -0.3 is 0 Å². The molecule has 2 aliphatic carbocycles. The first-order valence-electron chi connectivity index (χ1n) is 14.7. The van der Waals surface area contributed by atoms with Crippen LogP contribution in [0.25, 0.3) is 0 Å². The first-order chi connectivity index (χ1) is 22.8. The zero-order valence-corrected chi connectivity index (χ0v) is 27.9. The quantitative estimate of drug-likeness (QED) is 0.0837. The molecule has 0 aliphatic heterocycles. The van der Waals surface area contributed by atoms with Crippen molar-refractivity contribution in [2.24, 2.45) is 0 Å². The van der Waals surface area contributed by atoms with E-state index in [1.54, 1.807) is 72.9 Å². The standard InChI is InChI=1S/2C13H9F2N2S.2C5H5.Ti/c2*14-9-6-7-12(11(15)8-9)17-13(18)16-10-4-2-1-3-5-10;2*1-2-4-5-3-1;/h2*1-7H,(H2,16,17,18);2*1-5H;. The molecule has 11 heteroatoms. The number of nitrogens with one attached hydrogen (secondary N) is 4. The van der Waals surface area contributed by atoms with Crippen LogP contribution in [-0.4, -0.2) is 10.2 Å². The third kappa shape index (κ3) is 6.60. The Labute approximate surface area is 284 Å². The van der Waals surface area contributed by atoms with Gasteiger partial charge in [-0.1, -0.05) is 0 Å². The Morgan fingerprint density at radius 2 is 0.851 bits per heavy atom. The maximum atomic E-state index is 17.0. The van der Waals surface area contributed by atoms with Crippen molar-refractivity contribution < 1.29 is 34.2 Å². The van der Waals surface area contributed by atoms with Crippen LogP contribution in [0.4, 0.5) is 40.3 Å². The van der Waals surface area contributed by atoms with Gasteiger partial charge in [0.15, 0.2) is 0 Å². The molecular formula is C36H28F4N4S2Ti. The first kappa shape index (κ1) is 32.6. The van der Waals surface area contributed by atoms with Crippen molar-refractivity contribution >= 4 is 65.1 Å². The van der Waals surface area contributed by atoms with Crippen molar-refractivity contribution in [2.45, 2.75) is 8.45 Å². The van der Waals surface area contributed by atoms with Crippen molar-refractivity contribution in [3.63, 3.8) is 0 Å². The number of hydrogen-bond donors (Lipinski definition) is 4. The van der Waals surface area contributed by atoms with E-state index >= 15 is 17.6 Å². The summed E-state index contributed by atoms with van der Waals surface area (Å²) in [6.45, 7) is 0. The van der Waals surface area contributed by atoms with Gasteiger partial charge in [-0.25, -0.2) is 0 Å². The zero-order chi connectivity index (χ0) is 33.0. The second-order valence-corrected chi connectivity index (χ2v) is 18.1. The molecule has 236 valence electrons. The molecule has 6 rings (SSSR count). The normalized spacial score (nSPS) is 14.0. The second kappa shape index (κ2) is 14.2. The molecule has 0 saturated heterocycles. The van der Waals surface area contributed by atoms with Crippen LogP contribution in [0.1, 0.15) is 0 Å². The molecule has 0 aromatic heterocycles. The van der Waals surface area contributed by atoms with Gasteiger partial charge in [-0.15, -0.1) is 0 Å². The molecule has 0 unspecified atom stereocenters. The van der Waals surface area contributed by atoms with Crippen LogP contribution in [0.3, 0.4) is 0 Å². The van der Waals surface area contributed by atoms with Gasteiger partial charge in [-0.2, -0.15) is 0 Å². The molecule has 4 nitrogen and oxygen atoms in total. The van der Waals surface area contributed by atoms with Crippen molar-refractivity contribution in [2.75, 3.05) is 21.3 Å². The summed E-state index contributed by atoms with van der Waals surface area (Å²) in [4.78, 5) is 0. The summed E-state index contributed by atoms with van der Waals surface area (Å²) in [6, 6.07) is 22.8. The Morgan fingerprint density at radius 3 is 1.21 bits per heavy atom. The average Bonchev–Trinajstić information content (AvgIpc) is 3.80. The van der Waals surface area contributed by atoms with Crippen LogP contribution >= 0.6 is 24.4 Å². The summed E-state index contributed by atoms with van der Waals surface area (Å²) in [7, 11) is 0. The van der Waals surface area contributed by atoms with E-state index in [1.807, 2.05) is 36.4 Å². The SMILES string of the molecule is Fc1ccc(NC(=S)Nc2ccccc2)c(F)[c]1[Ti]([c]1c(F)ccc(NC(=S)Nc2ccccc2)c1F)([CH]1C=CC=C1)[CH]1C=CC=C1. The van der Waals surface area contributed by atoms with Gasteiger partial charge in [0.1, 0.15) is 0 Å². The van der Waals surface area contributed by atoms with Crippen LogP contribution in [0.5, 0.6) is 0 Å². The number of anilines is 4. The number of thiocarbonyl (C=S) groups is 2. The van der Waals surface area contributed by atoms with E-state index < -0.39 is 48.3 Å². The molecule has 47 heavy (non-hydrogen) atoms. The zero-order valence-electron chi connectivity index (χ0n) is 24.7. The maximum absolute atomic E-state index is 17.0. The monoisotopic (exact) mass is 704 g/mol. The van der Waals surface area contributed by atoms with Crippen molar-refractivity contribution in [3.05, 3.63) is 157 Å². The van der Waals surface area contributed by atoms with Gasteiger partial charge in [0, 0.05) is 0 Å². The van der Waals surface area contributed by atoms with Crippen LogP contribution in [0.2, 0.25) is 8.45 Å². The molecule has 0 atom stereocenters. The number of benzene rings is 4. The molecule has 0 saturated carbocycles. The molecule has 4 aromatic carbocycles. The van der Waals surface area contributed by atoms with Gasteiger partial charge in [-0.05, 0) is 0 Å². The van der Waals surface area contributed by atoms with E-state index in [9.17, 15) is 0 Å². The number of halogens is 4. The fraction of sp³-hybridized carbons (Fsp3) is 0.0556. The predicted molar refractivity (Wildman–Crippen MR) is 189 cm³/mol. The first-order valence-corrected chi connectivity index (χ1v) is 18.9. The molecule has 0 amide bonds. The van der Waals surface area contributed by atoms with E-state index in [2.05, 4.69) is 21.3 Å². The molecule has 0 fully saturated rings. The van der Waals surface area contributed by atoms with Gasteiger partial charge in [0.2, 0.25) is 0 Å². The summed E-state index contributed by atoms with van der Waals surface area (Å²) < 4.78 is 64.7. The predicted octanol–water partition coefficient (Wildman–Crippen LogP) is 8.79. The van der Waals surface area contributed by atoms with Crippen LogP contribution < -0.4 is 29.0 Å². The van der Waals surface area contributed by atoms with E-state index in [0.717, 1.165) is 12.1 Å². The Hall–Kier alpha value is -4.35. The summed E-state index contributed by atoms with van der Waals surface area (Å²) in [5, 5.41) is 11.7. The average molecular weight is 705 g/mol. The van der Waals surface area contributed by atoms with E-state index in [1.165, 1.54) is 12.1 Å². The van der Waals surface area contributed by atoms with Gasteiger partial charge in [0.05, 0.1) is 0 Å². The molecule has 0 bridgehead atoms. The fourth-order valence-corrected chi connectivity index (χ4v) is 15.4. The molecule has 4 N–H and O–H groups in total. The summed E-state index contributed by atoms with van der Waals surface area (Å²) in [5.74, 6) is -3.70. The third-order valence-corrected chi connectivity index (χ3v) is 17.0. The number of allylic oxidation sites excluding steroid dienone is 8. The second-order valence-electron chi connectivity index (χ2n) is 10.9. The Balaban J connectivity index is 1.50. The van der Waals surface area contributed by atoms with Gasteiger partial charge in [0.25, 0.3) is 0 Å². The summed E-state index contributed by atoms with van der Waals surface area (Å²) in [5.41, 5.74) is 1.08. The molecule has 2 aliphatic rings. The van der Waals surface area contributed by atoms with Crippen molar-refractivity contribution in [3.8, 4) is 0 Å².